The average molecular weight is 336 g/mol. The van der Waals surface area contributed by atoms with Crippen LogP contribution in [0.15, 0.2) is 48.7 Å². The normalized spacial score (nSPS) is 12.6. The van der Waals surface area contributed by atoms with Crippen LogP contribution in [0.25, 0.3) is 21.1 Å². The molecule has 2 aromatic carbocycles. The lowest BCUT2D eigenvalue weighted by Gasteiger charge is -2.23. The van der Waals surface area contributed by atoms with Gasteiger partial charge < -0.3 is 4.90 Å². The molecule has 4 rings (SSSR count). The van der Waals surface area contributed by atoms with Gasteiger partial charge in [-0.2, -0.15) is 5.10 Å². The van der Waals surface area contributed by atoms with E-state index in [-0.39, 0.29) is 11.9 Å². The van der Waals surface area contributed by atoms with E-state index >= 15 is 0 Å². The van der Waals surface area contributed by atoms with Gasteiger partial charge in [0.05, 0.1) is 33.5 Å². The van der Waals surface area contributed by atoms with Gasteiger partial charge in [0.15, 0.2) is 0 Å². The molecule has 0 aliphatic heterocycles. The van der Waals surface area contributed by atoms with E-state index < -0.39 is 0 Å². The van der Waals surface area contributed by atoms with E-state index in [4.69, 9.17) is 0 Å². The largest absolute Gasteiger partial charge is 0.332 e. The minimum absolute atomic E-state index is 0.0336. The van der Waals surface area contributed by atoms with Gasteiger partial charge in [-0.05, 0) is 31.2 Å². The molecule has 1 atom stereocenters. The van der Waals surface area contributed by atoms with Crippen LogP contribution in [0.3, 0.4) is 0 Å². The molecule has 6 heteroatoms. The van der Waals surface area contributed by atoms with Gasteiger partial charge in [0.1, 0.15) is 5.01 Å². The highest BCUT2D eigenvalue weighted by Gasteiger charge is 2.23. The van der Waals surface area contributed by atoms with Crippen molar-refractivity contribution in [1.29, 1.82) is 0 Å². The van der Waals surface area contributed by atoms with Gasteiger partial charge in [-0.15, -0.1) is 11.3 Å². The van der Waals surface area contributed by atoms with Crippen LogP contribution in [0.5, 0.6) is 0 Å². The van der Waals surface area contributed by atoms with Crippen LogP contribution in [0.1, 0.15) is 28.3 Å². The van der Waals surface area contributed by atoms with E-state index in [0.717, 1.165) is 26.1 Å². The van der Waals surface area contributed by atoms with E-state index in [1.165, 1.54) is 0 Å². The first-order valence-corrected chi connectivity index (χ1v) is 8.51. The summed E-state index contributed by atoms with van der Waals surface area (Å²) < 4.78 is 1.14. The minimum atomic E-state index is -0.0999. The third-order valence-corrected chi connectivity index (χ3v) is 5.49. The molecular weight excluding hydrogens is 320 g/mol. The molecule has 0 fully saturated rings. The van der Waals surface area contributed by atoms with Crippen molar-refractivity contribution in [2.24, 2.45) is 0 Å². The third kappa shape index (κ3) is 2.35. The smallest absolute Gasteiger partial charge is 0.254 e. The Kier molecular flexibility index (Phi) is 3.54. The number of para-hydroxylation sites is 1. The number of rotatable bonds is 3. The molecule has 0 bridgehead atoms. The van der Waals surface area contributed by atoms with Gasteiger partial charge in [0.25, 0.3) is 5.91 Å². The lowest BCUT2D eigenvalue weighted by Crippen LogP contribution is -2.29. The second-order valence-electron chi connectivity index (χ2n) is 5.75. The molecule has 0 aliphatic carbocycles. The number of benzene rings is 2. The lowest BCUT2D eigenvalue weighted by atomic mass is 10.1. The predicted octanol–water partition coefficient (Wildman–Crippen LogP) is 4.01. The molecule has 1 N–H and O–H groups in total. The summed E-state index contributed by atoms with van der Waals surface area (Å²) in [7, 11) is 1.82. The van der Waals surface area contributed by atoms with Crippen LogP contribution in [-0.4, -0.2) is 33.0 Å². The Morgan fingerprint density at radius 1 is 1.21 bits per heavy atom. The monoisotopic (exact) mass is 336 g/mol. The molecule has 0 saturated heterocycles. The quantitative estimate of drug-likeness (QED) is 0.615. The summed E-state index contributed by atoms with van der Waals surface area (Å²) in [4.78, 5) is 19.4. The first-order valence-electron chi connectivity index (χ1n) is 7.70. The Morgan fingerprint density at radius 3 is 2.88 bits per heavy atom. The van der Waals surface area contributed by atoms with E-state index in [1.807, 2.05) is 50.4 Å². The van der Waals surface area contributed by atoms with E-state index in [9.17, 15) is 4.79 Å². The Labute approximate surface area is 142 Å². The number of aromatic amines is 1. The zero-order chi connectivity index (χ0) is 16.7. The van der Waals surface area contributed by atoms with Crippen LogP contribution in [-0.2, 0) is 0 Å². The zero-order valence-corrected chi connectivity index (χ0v) is 14.2. The van der Waals surface area contributed by atoms with Gasteiger partial charge >= 0.3 is 0 Å². The number of amides is 1. The number of nitrogens with zero attached hydrogens (tertiary/aromatic N) is 3. The second kappa shape index (κ2) is 5.72. The van der Waals surface area contributed by atoms with E-state index in [1.54, 1.807) is 22.4 Å². The molecule has 120 valence electrons. The second-order valence-corrected chi connectivity index (χ2v) is 6.81. The molecular formula is C18H16N4OS. The number of thiazole rings is 1. The number of carbonyl (C=O) groups excluding carboxylic acids is 1. The van der Waals surface area contributed by atoms with Crippen molar-refractivity contribution in [3.63, 3.8) is 0 Å². The van der Waals surface area contributed by atoms with Gasteiger partial charge in [-0.25, -0.2) is 4.98 Å². The summed E-state index contributed by atoms with van der Waals surface area (Å²) >= 11 is 1.63. The molecule has 0 radical (unpaired) electrons. The van der Waals surface area contributed by atoms with Crippen LogP contribution >= 0.6 is 11.3 Å². The maximum atomic E-state index is 12.9. The maximum Gasteiger partial charge on any atom is 0.254 e. The van der Waals surface area contributed by atoms with Crippen LogP contribution in [0, 0.1) is 0 Å². The summed E-state index contributed by atoms with van der Waals surface area (Å²) in [5, 5.41) is 8.71. The van der Waals surface area contributed by atoms with Crippen molar-refractivity contribution in [1.82, 2.24) is 20.1 Å². The van der Waals surface area contributed by atoms with Gasteiger partial charge in [0, 0.05) is 12.4 Å². The number of nitrogens with one attached hydrogen (secondary N) is 1. The van der Waals surface area contributed by atoms with Crippen molar-refractivity contribution in [3.8, 4) is 0 Å². The minimum Gasteiger partial charge on any atom is -0.332 e. The highest BCUT2D eigenvalue weighted by molar-refractivity contribution is 7.18. The van der Waals surface area contributed by atoms with Crippen LogP contribution in [0.2, 0.25) is 0 Å². The lowest BCUT2D eigenvalue weighted by molar-refractivity contribution is 0.0744. The fourth-order valence-corrected chi connectivity index (χ4v) is 3.82. The molecule has 2 aromatic heterocycles. The molecule has 0 saturated carbocycles. The molecule has 0 unspecified atom stereocenters. The van der Waals surface area contributed by atoms with Crippen LogP contribution in [0.4, 0.5) is 0 Å². The predicted molar refractivity (Wildman–Crippen MR) is 96.2 cm³/mol. The van der Waals surface area contributed by atoms with Crippen molar-refractivity contribution in [2.75, 3.05) is 7.05 Å². The van der Waals surface area contributed by atoms with Crippen molar-refractivity contribution < 1.29 is 4.79 Å². The molecule has 0 aliphatic rings. The summed E-state index contributed by atoms with van der Waals surface area (Å²) in [6.07, 6.45) is 1.69. The first kappa shape index (κ1) is 14.8. The molecule has 4 aromatic rings. The van der Waals surface area contributed by atoms with E-state index in [0.29, 0.717) is 5.56 Å². The Bertz CT molecular complexity index is 1000. The van der Waals surface area contributed by atoms with Gasteiger partial charge in [0.2, 0.25) is 0 Å². The molecule has 5 nitrogen and oxygen atoms in total. The summed E-state index contributed by atoms with van der Waals surface area (Å²) in [6, 6.07) is 13.5. The molecule has 24 heavy (non-hydrogen) atoms. The third-order valence-electron chi connectivity index (χ3n) is 4.28. The fraction of sp³-hybridized carbons (Fsp3) is 0.167. The SMILES string of the molecule is C[C@@H](c1nc2ccccc2s1)N(C)C(=O)c1cccc2[nH]ncc12. The molecule has 1 amide bonds. The number of H-pyrrole nitrogens is 1. The standard InChI is InChI=1S/C18H16N4OS/c1-11(17-20-15-7-3-4-9-16(15)24-17)22(2)18(23)12-6-5-8-14-13(12)10-19-21-14/h3-11H,1-2H3,(H,19,21)/t11-/m0/s1. The highest BCUT2D eigenvalue weighted by atomic mass is 32.1. The summed E-state index contributed by atoms with van der Waals surface area (Å²) in [6.45, 7) is 2.01. The number of fused-ring (bicyclic) bond motifs is 2. The van der Waals surface area contributed by atoms with E-state index in [2.05, 4.69) is 21.2 Å². The van der Waals surface area contributed by atoms with Crippen molar-refractivity contribution in [3.05, 3.63) is 59.2 Å². The fourth-order valence-electron chi connectivity index (χ4n) is 2.75. The summed E-state index contributed by atoms with van der Waals surface area (Å²) in [5.41, 5.74) is 2.49. The Morgan fingerprint density at radius 2 is 2.04 bits per heavy atom. The number of hydrogen-bond donors (Lipinski definition) is 1. The van der Waals surface area contributed by atoms with Gasteiger partial charge in [-0.1, -0.05) is 18.2 Å². The molecule has 0 spiro atoms. The Balaban J connectivity index is 1.68. The number of hydrogen-bond acceptors (Lipinski definition) is 4. The van der Waals surface area contributed by atoms with Gasteiger partial charge in [-0.3, -0.25) is 9.89 Å². The maximum absolute atomic E-state index is 12.9. The Hall–Kier alpha value is -2.73. The number of aromatic nitrogens is 3. The topological polar surface area (TPSA) is 61.9 Å². The highest BCUT2D eigenvalue weighted by Crippen LogP contribution is 2.30. The first-order chi connectivity index (χ1) is 11.6. The zero-order valence-electron chi connectivity index (χ0n) is 13.4. The summed E-state index contributed by atoms with van der Waals surface area (Å²) in [5.74, 6) is -0.0336. The molecule has 2 heterocycles. The van der Waals surface area contributed by atoms with Crippen LogP contribution < -0.4 is 0 Å². The number of carbonyl (C=O) groups is 1. The van der Waals surface area contributed by atoms with Crippen molar-refractivity contribution >= 4 is 38.4 Å². The average Bonchev–Trinajstić information content (AvgIpc) is 3.25. The van der Waals surface area contributed by atoms with Crippen molar-refractivity contribution in [2.45, 2.75) is 13.0 Å².